The van der Waals surface area contributed by atoms with E-state index in [1.807, 2.05) is 13.8 Å². The predicted octanol–water partition coefficient (Wildman–Crippen LogP) is 4.21. The van der Waals surface area contributed by atoms with Crippen LogP contribution < -0.4 is 5.32 Å². The molecule has 1 heterocycles. The maximum absolute atomic E-state index is 14.4. The van der Waals surface area contributed by atoms with Crippen molar-refractivity contribution in [1.82, 2.24) is 5.32 Å². The van der Waals surface area contributed by atoms with Crippen LogP contribution in [0.5, 0.6) is 0 Å². The molecule has 1 aromatic carbocycles. The predicted molar refractivity (Wildman–Crippen MR) is 74.3 cm³/mol. The smallest absolute Gasteiger partial charge is 0.128 e. The summed E-state index contributed by atoms with van der Waals surface area (Å²) in [5.41, 5.74) is 2.84. The van der Waals surface area contributed by atoms with Crippen LogP contribution >= 0.6 is 0 Å². The first-order chi connectivity index (χ1) is 8.59. The summed E-state index contributed by atoms with van der Waals surface area (Å²) in [5.74, 6) is -0.0382. The van der Waals surface area contributed by atoms with Crippen LogP contribution in [0.1, 0.15) is 55.7 Å². The van der Waals surface area contributed by atoms with Crippen LogP contribution in [-0.2, 0) is 5.54 Å². The van der Waals surface area contributed by atoms with E-state index in [0.29, 0.717) is 0 Å². The lowest BCUT2D eigenvalue weighted by Gasteiger charge is -2.35. The molecule has 1 N–H and O–H groups in total. The molecule has 1 aliphatic rings. The van der Waals surface area contributed by atoms with Crippen molar-refractivity contribution < 1.29 is 4.39 Å². The summed E-state index contributed by atoms with van der Waals surface area (Å²) in [7, 11) is 0. The van der Waals surface area contributed by atoms with Gasteiger partial charge in [-0.05, 0) is 56.8 Å². The molecule has 0 bridgehead atoms. The summed E-state index contributed by atoms with van der Waals surface area (Å²) >= 11 is 0. The molecular formula is C16H24FN. The summed E-state index contributed by atoms with van der Waals surface area (Å²) in [6, 6.07) is 3.77. The van der Waals surface area contributed by atoms with Crippen LogP contribution in [0, 0.1) is 19.7 Å². The van der Waals surface area contributed by atoms with E-state index in [2.05, 4.69) is 18.3 Å². The minimum atomic E-state index is -0.154. The summed E-state index contributed by atoms with van der Waals surface area (Å²) in [6.07, 6.45) is 5.64. The van der Waals surface area contributed by atoms with Crippen LogP contribution in [0.25, 0.3) is 0 Å². The van der Waals surface area contributed by atoms with Crippen LogP contribution in [0.15, 0.2) is 12.1 Å². The van der Waals surface area contributed by atoms with Gasteiger partial charge in [0.05, 0.1) is 0 Å². The zero-order valence-corrected chi connectivity index (χ0v) is 11.8. The zero-order chi connectivity index (χ0) is 13.2. The lowest BCUT2D eigenvalue weighted by Crippen LogP contribution is -2.42. The number of hydrogen-bond acceptors (Lipinski definition) is 1. The molecule has 100 valence electrons. The first-order valence-corrected chi connectivity index (χ1v) is 7.11. The van der Waals surface area contributed by atoms with E-state index in [1.54, 1.807) is 6.07 Å². The molecule has 0 aromatic heterocycles. The Balaban J connectivity index is 2.49. The SMILES string of the molecule is CCC1(c2c(C)cc(C)cc2F)CCCCCN1. The molecule has 0 radical (unpaired) electrons. The normalized spacial score (nSPS) is 24.9. The van der Waals surface area contributed by atoms with Gasteiger partial charge in [0.15, 0.2) is 0 Å². The molecule has 0 aliphatic carbocycles. The maximum atomic E-state index is 14.4. The van der Waals surface area contributed by atoms with Gasteiger partial charge in [-0.25, -0.2) is 4.39 Å². The Morgan fingerprint density at radius 3 is 2.67 bits per heavy atom. The van der Waals surface area contributed by atoms with Crippen molar-refractivity contribution in [3.8, 4) is 0 Å². The average molecular weight is 249 g/mol. The standard InChI is InChI=1S/C16H24FN/c1-4-16(8-6-5-7-9-18-16)15-13(3)10-12(2)11-14(15)17/h10-11,18H,4-9H2,1-3H3. The second-order valence-corrected chi connectivity index (χ2v) is 5.61. The number of rotatable bonds is 2. The third kappa shape index (κ3) is 2.44. The molecule has 1 fully saturated rings. The Hall–Kier alpha value is -0.890. The third-order valence-electron chi connectivity index (χ3n) is 4.26. The molecule has 18 heavy (non-hydrogen) atoms. The van der Waals surface area contributed by atoms with Crippen molar-refractivity contribution in [3.63, 3.8) is 0 Å². The Bertz CT molecular complexity index is 394. The highest BCUT2D eigenvalue weighted by Gasteiger charge is 2.34. The van der Waals surface area contributed by atoms with Crippen molar-refractivity contribution in [2.45, 2.75) is 58.4 Å². The number of halogens is 1. The van der Waals surface area contributed by atoms with Gasteiger partial charge in [0.2, 0.25) is 0 Å². The highest BCUT2D eigenvalue weighted by molar-refractivity contribution is 5.37. The molecule has 0 saturated carbocycles. The summed E-state index contributed by atoms with van der Waals surface area (Å²) in [6.45, 7) is 7.16. The fourth-order valence-electron chi connectivity index (χ4n) is 3.36. The minimum Gasteiger partial charge on any atom is -0.307 e. The molecule has 0 spiro atoms. The Labute approximate surface area is 110 Å². The van der Waals surface area contributed by atoms with Crippen LogP contribution in [0.4, 0.5) is 4.39 Å². The molecule has 2 heteroatoms. The van der Waals surface area contributed by atoms with Gasteiger partial charge in [-0.3, -0.25) is 0 Å². The molecular weight excluding hydrogens is 225 g/mol. The van der Waals surface area contributed by atoms with E-state index < -0.39 is 0 Å². The van der Waals surface area contributed by atoms with Gasteiger partial charge in [0, 0.05) is 11.1 Å². The largest absolute Gasteiger partial charge is 0.307 e. The molecule has 1 nitrogen and oxygen atoms in total. The minimum absolute atomic E-state index is 0.0382. The van der Waals surface area contributed by atoms with Crippen molar-refractivity contribution in [1.29, 1.82) is 0 Å². The van der Waals surface area contributed by atoms with E-state index in [9.17, 15) is 4.39 Å². The number of benzene rings is 1. The summed E-state index contributed by atoms with van der Waals surface area (Å²) in [4.78, 5) is 0. The average Bonchev–Trinajstić information content (AvgIpc) is 2.54. The van der Waals surface area contributed by atoms with Crippen molar-refractivity contribution in [2.75, 3.05) is 6.54 Å². The molecule has 0 amide bonds. The lowest BCUT2D eigenvalue weighted by atomic mass is 9.80. The monoisotopic (exact) mass is 249 g/mol. The second-order valence-electron chi connectivity index (χ2n) is 5.61. The molecule has 1 unspecified atom stereocenters. The van der Waals surface area contributed by atoms with Crippen LogP contribution in [0.2, 0.25) is 0 Å². The van der Waals surface area contributed by atoms with Crippen LogP contribution in [0.3, 0.4) is 0 Å². The van der Waals surface area contributed by atoms with Gasteiger partial charge in [-0.2, -0.15) is 0 Å². The van der Waals surface area contributed by atoms with E-state index in [0.717, 1.165) is 36.1 Å². The summed E-state index contributed by atoms with van der Waals surface area (Å²) in [5, 5.41) is 3.62. The van der Waals surface area contributed by atoms with E-state index in [4.69, 9.17) is 0 Å². The molecule has 2 rings (SSSR count). The quantitative estimate of drug-likeness (QED) is 0.828. The Morgan fingerprint density at radius 2 is 2.00 bits per heavy atom. The zero-order valence-electron chi connectivity index (χ0n) is 11.8. The lowest BCUT2D eigenvalue weighted by molar-refractivity contribution is 0.299. The van der Waals surface area contributed by atoms with Gasteiger partial charge in [0.1, 0.15) is 5.82 Å². The highest BCUT2D eigenvalue weighted by atomic mass is 19.1. The third-order valence-corrected chi connectivity index (χ3v) is 4.26. The van der Waals surface area contributed by atoms with Gasteiger partial charge < -0.3 is 5.32 Å². The highest BCUT2D eigenvalue weighted by Crippen LogP contribution is 2.36. The first-order valence-electron chi connectivity index (χ1n) is 7.11. The van der Waals surface area contributed by atoms with E-state index in [1.165, 1.54) is 19.3 Å². The molecule has 1 atom stereocenters. The van der Waals surface area contributed by atoms with E-state index >= 15 is 0 Å². The van der Waals surface area contributed by atoms with Gasteiger partial charge in [0.25, 0.3) is 0 Å². The van der Waals surface area contributed by atoms with E-state index in [-0.39, 0.29) is 11.4 Å². The second kappa shape index (κ2) is 5.40. The molecule has 1 aromatic rings. The number of nitrogens with one attached hydrogen (secondary N) is 1. The molecule has 1 saturated heterocycles. The number of aryl methyl sites for hydroxylation is 2. The first kappa shape index (κ1) is 13.5. The topological polar surface area (TPSA) is 12.0 Å². The fraction of sp³-hybridized carbons (Fsp3) is 0.625. The number of hydrogen-bond donors (Lipinski definition) is 1. The Kier molecular flexibility index (Phi) is 4.06. The van der Waals surface area contributed by atoms with Crippen molar-refractivity contribution in [3.05, 3.63) is 34.6 Å². The fourth-order valence-corrected chi connectivity index (χ4v) is 3.36. The summed E-state index contributed by atoms with van der Waals surface area (Å²) < 4.78 is 14.4. The van der Waals surface area contributed by atoms with Crippen LogP contribution in [-0.4, -0.2) is 6.54 Å². The van der Waals surface area contributed by atoms with Gasteiger partial charge in [-0.1, -0.05) is 25.8 Å². The van der Waals surface area contributed by atoms with Gasteiger partial charge in [-0.15, -0.1) is 0 Å². The van der Waals surface area contributed by atoms with Gasteiger partial charge >= 0.3 is 0 Å². The van der Waals surface area contributed by atoms with Crippen molar-refractivity contribution >= 4 is 0 Å². The van der Waals surface area contributed by atoms with Crippen molar-refractivity contribution in [2.24, 2.45) is 0 Å². The maximum Gasteiger partial charge on any atom is 0.128 e. The molecule has 1 aliphatic heterocycles. The Morgan fingerprint density at radius 1 is 1.22 bits per heavy atom.